The predicted octanol–water partition coefficient (Wildman–Crippen LogP) is 3.36. The molecular formula is C24H24N6O2. The molecule has 1 fully saturated rings. The van der Waals surface area contributed by atoms with Crippen LogP contribution in [-0.2, 0) is 11.3 Å². The normalized spacial score (nSPS) is 15.8. The van der Waals surface area contributed by atoms with Crippen LogP contribution < -0.4 is 10.1 Å². The topological polar surface area (TPSA) is 96.0 Å². The van der Waals surface area contributed by atoms with Gasteiger partial charge in [-0.15, -0.1) is 0 Å². The zero-order chi connectivity index (χ0) is 21.8. The van der Waals surface area contributed by atoms with E-state index in [1.54, 1.807) is 6.20 Å². The summed E-state index contributed by atoms with van der Waals surface area (Å²) in [6, 6.07) is 19.3. The third-order valence-electron chi connectivity index (χ3n) is 5.67. The summed E-state index contributed by atoms with van der Waals surface area (Å²) in [5, 5.41) is 11.6. The highest BCUT2D eigenvalue weighted by molar-refractivity contribution is 5.87. The maximum atomic E-state index is 12.6. The van der Waals surface area contributed by atoms with Gasteiger partial charge in [0.05, 0.1) is 17.6 Å². The molecule has 0 spiro atoms. The molecule has 8 heteroatoms. The summed E-state index contributed by atoms with van der Waals surface area (Å²) in [5.74, 6) is 1.66. The summed E-state index contributed by atoms with van der Waals surface area (Å²) in [7, 11) is 0. The molecule has 1 saturated heterocycles. The van der Waals surface area contributed by atoms with Gasteiger partial charge in [-0.25, -0.2) is 4.98 Å². The molecule has 0 aliphatic carbocycles. The predicted molar refractivity (Wildman–Crippen MR) is 121 cm³/mol. The van der Waals surface area contributed by atoms with Crippen LogP contribution in [0.5, 0.6) is 5.75 Å². The standard InChI is InChI=1S/C24H24N6O2/c31-22(16-32-19-7-2-1-3-8-19)30-13-11-17(15-30)21-10-9-20-23(28-29-24(20)27-21)26-14-18-6-4-5-12-25-18/h1-10,12,17H,11,13-16H2,(H2,26,27,28,29)/t17-/m1/s1. The number of pyridine rings is 2. The third-order valence-corrected chi connectivity index (χ3v) is 5.67. The van der Waals surface area contributed by atoms with Gasteiger partial charge in [0.2, 0.25) is 0 Å². The Balaban J connectivity index is 1.20. The van der Waals surface area contributed by atoms with Crippen molar-refractivity contribution in [1.82, 2.24) is 25.1 Å². The average molecular weight is 428 g/mol. The number of ether oxygens (including phenoxy) is 1. The van der Waals surface area contributed by atoms with E-state index in [0.717, 1.165) is 34.7 Å². The van der Waals surface area contributed by atoms with E-state index in [9.17, 15) is 4.79 Å². The summed E-state index contributed by atoms with van der Waals surface area (Å²) in [6.45, 7) is 2.00. The zero-order valence-electron chi connectivity index (χ0n) is 17.6. The molecule has 1 atom stereocenters. The van der Waals surface area contributed by atoms with E-state index in [1.807, 2.05) is 65.6 Å². The lowest BCUT2D eigenvalue weighted by molar-refractivity contribution is -0.132. The highest BCUT2D eigenvalue weighted by Crippen LogP contribution is 2.28. The molecule has 5 rings (SSSR count). The number of anilines is 1. The number of aromatic amines is 1. The Morgan fingerprint density at radius 1 is 1.12 bits per heavy atom. The highest BCUT2D eigenvalue weighted by Gasteiger charge is 2.28. The average Bonchev–Trinajstić information content (AvgIpc) is 3.50. The molecule has 4 heterocycles. The lowest BCUT2D eigenvalue weighted by Crippen LogP contribution is -2.32. The van der Waals surface area contributed by atoms with Crippen LogP contribution in [0.15, 0.2) is 66.9 Å². The molecule has 0 bridgehead atoms. The first-order valence-corrected chi connectivity index (χ1v) is 10.7. The molecule has 4 aromatic rings. The van der Waals surface area contributed by atoms with E-state index in [-0.39, 0.29) is 18.4 Å². The van der Waals surface area contributed by atoms with Crippen molar-refractivity contribution in [3.63, 3.8) is 0 Å². The van der Waals surface area contributed by atoms with Crippen LogP contribution in [0.2, 0.25) is 0 Å². The van der Waals surface area contributed by atoms with Crippen LogP contribution in [0.4, 0.5) is 5.82 Å². The van der Waals surface area contributed by atoms with Gasteiger partial charge in [-0.1, -0.05) is 24.3 Å². The minimum atomic E-state index is -0.0000194. The van der Waals surface area contributed by atoms with Gasteiger partial charge in [0, 0.05) is 30.9 Å². The van der Waals surface area contributed by atoms with Gasteiger partial charge in [0.15, 0.2) is 18.1 Å². The Hall–Kier alpha value is -3.94. The van der Waals surface area contributed by atoms with Crippen LogP contribution >= 0.6 is 0 Å². The SMILES string of the molecule is O=C(COc1ccccc1)N1CC[C@@H](c2ccc3c(NCc4ccccn4)n[nH]c3n2)C1. The summed E-state index contributed by atoms with van der Waals surface area (Å²) in [4.78, 5) is 23.5. The first-order valence-electron chi connectivity index (χ1n) is 10.7. The second-order valence-corrected chi connectivity index (χ2v) is 7.81. The maximum absolute atomic E-state index is 12.6. The van der Waals surface area contributed by atoms with E-state index < -0.39 is 0 Å². The molecular weight excluding hydrogens is 404 g/mol. The molecule has 1 aliphatic rings. The Morgan fingerprint density at radius 3 is 2.84 bits per heavy atom. The first-order chi connectivity index (χ1) is 15.8. The second kappa shape index (κ2) is 9.05. The van der Waals surface area contributed by atoms with Gasteiger partial charge in [-0.3, -0.25) is 14.9 Å². The van der Waals surface area contributed by atoms with Gasteiger partial charge in [-0.05, 0) is 42.8 Å². The Bertz CT molecular complexity index is 1200. The number of nitrogens with one attached hydrogen (secondary N) is 2. The summed E-state index contributed by atoms with van der Waals surface area (Å²) < 4.78 is 5.60. The lowest BCUT2D eigenvalue weighted by atomic mass is 10.0. The number of carbonyl (C=O) groups is 1. The van der Waals surface area contributed by atoms with E-state index in [1.165, 1.54) is 0 Å². The lowest BCUT2D eigenvalue weighted by Gasteiger charge is -2.17. The molecule has 0 saturated carbocycles. The number of rotatable bonds is 7. The Kier molecular flexibility index (Phi) is 5.65. The van der Waals surface area contributed by atoms with E-state index >= 15 is 0 Å². The van der Waals surface area contributed by atoms with Gasteiger partial charge in [-0.2, -0.15) is 5.10 Å². The number of H-pyrrole nitrogens is 1. The van der Waals surface area contributed by atoms with E-state index in [0.29, 0.717) is 25.4 Å². The largest absolute Gasteiger partial charge is 0.484 e. The molecule has 0 unspecified atom stereocenters. The molecule has 1 amide bonds. The van der Waals surface area contributed by atoms with Gasteiger partial charge >= 0.3 is 0 Å². The van der Waals surface area contributed by atoms with Crippen LogP contribution in [0.1, 0.15) is 23.7 Å². The van der Waals surface area contributed by atoms with Crippen LogP contribution in [0, 0.1) is 0 Å². The minimum Gasteiger partial charge on any atom is -0.484 e. The van der Waals surface area contributed by atoms with Crippen molar-refractivity contribution < 1.29 is 9.53 Å². The molecule has 32 heavy (non-hydrogen) atoms. The number of benzene rings is 1. The summed E-state index contributed by atoms with van der Waals surface area (Å²) in [5.41, 5.74) is 2.65. The first kappa shape index (κ1) is 20.0. The van der Waals surface area contributed by atoms with Crippen LogP contribution in [0.3, 0.4) is 0 Å². The van der Waals surface area contributed by atoms with E-state index in [4.69, 9.17) is 9.72 Å². The number of fused-ring (bicyclic) bond motifs is 1. The van der Waals surface area contributed by atoms with Crippen molar-refractivity contribution in [2.45, 2.75) is 18.9 Å². The molecule has 162 valence electrons. The van der Waals surface area contributed by atoms with Gasteiger partial charge in [0.25, 0.3) is 5.91 Å². The molecule has 3 aromatic heterocycles. The molecule has 1 aliphatic heterocycles. The van der Waals surface area contributed by atoms with Gasteiger partial charge in [0.1, 0.15) is 5.75 Å². The van der Waals surface area contributed by atoms with Crippen LogP contribution in [-0.4, -0.2) is 50.7 Å². The zero-order valence-corrected chi connectivity index (χ0v) is 17.6. The summed E-state index contributed by atoms with van der Waals surface area (Å²) in [6.07, 6.45) is 2.66. The highest BCUT2D eigenvalue weighted by atomic mass is 16.5. The fourth-order valence-corrected chi connectivity index (χ4v) is 3.94. The Morgan fingerprint density at radius 2 is 2.00 bits per heavy atom. The number of nitrogens with zero attached hydrogens (tertiary/aromatic N) is 4. The second-order valence-electron chi connectivity index (χ2n) is 7.81. The molecule has 2 N–H and O–H groups in total. The fraction of sp³-hybridized carbons (Fsp3) is 0.250. The quantitative estimate of drug-likeness (QED) is 0.469. The molecule has 1 aromatic carbocycles. The molecule has 0 radical (unpaired) electrons. The smallest absolute Gasteiger partial charge is 0.260 e. The number of carbonyl (C=O) groups excluding carboxylic acids is 1. The monoisotopic (exact) mass is 428 g/mol. The van der Waals surface area contributed by atoms with Crippen molar-refractivity contribution in [2.24, 2.45) is 0 Å². The van der Waals surface area contributed by atoms with Crippen molar-refractivity contribution in [2.75, 3.05) is 25.0 Å². The number of likely N-dealkylation sites (tertiary alicyclic amines) is 1. The minimum absolute atomic E-state index is 0.0000194. The number of para-hydroxylation sites is 1. The number of aromatic nitrogens is 4. The third kappa shape index (κ3) is 4.39. The summed E-state index contributed by atoms with van der Waals surface area (Å²) >= 11 is 0. The number of amides is 1. The number of hydrogen-bond acceptors (Lipinski definition) is 6. The van der Waals surface area contributed by atoms with E-state index in [2.05, 4.69) is 20.5 Å². The fourth-order valence-electron chi connectivity index (χ4n) is 3.94. The van der Waals surface area contributed by atoms with Gasteiger partial charge < -0.3 is 15.0 Å². The maximum Gasteiger partial charge on any atom is 0.260 e. The van der Waals surface area contributed by atoms with Crippen molar-refractivity contribution in [1.29, 1.82) is 0 Å². The van der Waals surface area contributed by atoms with Crippen molar-refractivity contribution in [3.05, 3.63) is 78.2 Å². The Labute approximate surface area is 185 Å². The number of hydrogen-bond donors (Lipinski definition) is 2. The van der Waals surface area contributed by atoms with Crippen molar-refractivity contribution >= 4 is 22.8 Å². The van der Waals surface area contributed by atoms with Crippen molar-refractivity contribution in [3.8, 4) is 5.75 Å². The molecule has 8 nitrogen and oxygen atoms in total. The van der Waals surface area contributed by atoms with Crippen LogP contribution in [0.25, 0.3) is 11.0 Å².